The Morgan fingerprint density at radius 1 is 1.23 bits per heavy atom. The number of nitrogens with one attached hydrogen (secondary N) is 3. The molecule has 0 saturated carbocycles. The van der Waals surface area contributed by atoms with Gasteiger partial charge in [0.1, 0.15) is 5.76 Å². The molecule has 1 amide bonds. The number of benzene rings is 1. The largest absolute Gasteiger partial charge is 0.467 e. The first-order valence-electron chi connectivity index (χ1n) is 8.25. The Labute approximate surface area is 171 Å². The van der Waals surface area contributed by atoms with Gasteiger partial charge in [-0.15, -0.1) is 30.6 Å². The van der Waals surface area contributed by atoms with Gasteiger partial charge in [0.25, 0.3) is 5.91 Å². The molecular weight excluding hydrogens is 443 g/mol. The van der Waals surface area contributed by atoms with Crippen molar-refractivity contribution in [1.82, 2.24) is 16.0 Å². The highest BCUT2D eigenvalue weighted by Gasteiger charge is 2.07. The number of amides is 1. The highest BCUT2D eigenvalue weighted by atomic mass is 127. The number of furan rings is 1. The Morgan fingerprint density at radius 2 is 2.08 bits per heavy atom. The maximum atomic E-state index is 12.2. The van der Waals surface area contributed by atoms with E-state index in [0.717, 1.165) is 23.8 Å². The molecule has 0 aliphatic carbocycles. The summed E-state index contributed by atoms with van der Waals surface area (Å²) in [6.45, 7) is 7.95. The van der Waals surface area contributed by atoms with E-state index in [-0.39, 0.29) is 29.9 Å². The van der Waals surface area contributed by atoms with Crippen LogP contribution in [0, 0.1) is 0 Å². The van der Waals surface area contributed by atoms with Crippen molar-refractivity contribution < 1.29 is 9.21 Å². The molecule has 0 atom stereocenters. The molecule has 1 aromatic heterocycles. The number of rotatable bonds is 8. The summed E-state index contributed by atoms with van der Waals surface area (Å²) < 4.78 is 5.21. The summed E-state index contributed by atoms with van der Waals surface area (Å²) >= 11 is 0. The molecule has 1 heterocycles. The Bertz CT molecular complexity index is 714. The molecule has 1 aromatic carbocycles. The van der Waals surface area contributed by atoms with Crippen molar-refractivity contribution in [3.05, 3.63) is 72.2 Å². The molecule has 2 rings (SSSR count). The van der Waals surface area contributed by atoms with Gasteiger partial charge < -0.3 is 20.4 Å². The van der Waals surface area contributed by atoms with Gasteiger partial charge in [-0.1, -0.05) is 18.2 Å². The smallest absolute Gasteiger partial charge is 0.251 e. The van der Waals surface area contributed by atoms with E-state index in [1.54, 1.807) is 24.5 Å². The number of hydrogen-bond acceptors (Lipinski definition) is 3. The van der Waals surface area contributed by atoms with Gasteiger partial charge in [-0.2, -0.15) is 0 Å². The van der Waals surface area contributed by atoms with Crippen LogP contribution in [-0.2, 0) is 13.1 Å². The fourth-order valence-electron chi connectivity index (χ4n) is 2.17. The Hall–Kier alpha value is -2.29. The van der Waals surface area contributed by atoms with E-state index in [1.807, 2.05) is 31.2 Å². The lowest BCUT2D eigenvalue weighted by atomic mass is 10.1. The summed E-state index contributed by atoms with van der Waals surface area (Å²) in [4.78, 5) is 16.8. The lowest BCUT2D eigenvalue weighted by molar-refractivity contribution is 0.0948. The molecule has 0 bridgehead atoms. The highest BCUT2D eigenvalue weighted by molar-refractivity contribution is 14.0. The average molecular weight is 468 g/mol. The van der Waals surface area contributed by atoms with Gasteiger partial charge >= 0.3 is 0 Å². The van der Waals surface area contributed by atoms with Crippen molar-refractivity contribution >= 4 is 35.8 Å². The van der Waals surface area contributed by atoms with Crippen molar-refractivity contribution in [3.63, 3.8) is 0 Å². The van der Waals surface area contributed by atoms with Crippen LogP contribution in [0.3, 0.4) is 0 Å². The van der Waals surface area contributed by atoms with Crippen molar-refractivity contribution in [2.24, 2.45) is 4.99 Å². The molecule has 140 valence electrons. The van der Waals surface area contributed by atoms with Crippen LogP contribution in [0.1, 0.15) is 28.6 Å². The van der Waals surface area contributed by atoms with E-state index in [1.165, 1.54) is 0 Å². The first kappa shape index (κ1) is 21.8. The minimum Gasteiger partial charge on any atom is -0.467 e. The highest BCUT2D eigenvalue weighted by Crippen LogP contribution is 2.07. The minimum absolute atomic E-state index is 0. The summed E-state index contributed by atoms with van der Waals surface area (Å²) in [5, 5.41) is 9.14. The van der Waals surface area contributed by atoms with E-state index < -0.39 is 0 Å². The molecule has 0 aliphatic heterocycles. The minimum atomic E-state index is -0.140. The topological polar surface area (TPSA) is 78.7 Å². The fourth-order valence-corrected chi connectivity index (χ4v) is 2.17. The number of nitrogens with zero attached hydrogens (tertiary/aromatic N) is 1. The Balaban J connectivity index is 0.00000338. The molecule has 0 unspecified atom stereocenters. The van der Waals surface area contributed by atoms with Crippen molar-refractivity contribution in [3.8, 4) is 0 Å². The zero-order valence-corrected chi connectivity index (χ0v) is 17.2. The van der Waals surface area contributed by atoms with E-state index in [2.05, 4.69) is 27.5 Å². The Kier molecular flexibility index (Phi) is 10.1. The second-order valence-corrected chi connectivity index (χ2v) is 5.33. The second kappa shape index (κ2) is 12.1. The molecule has 7 heteroatoms. The lowest BCUT2D eigenvalue weighted by Gasteiger charge is -2.10. The number of halogens is 1. The maximum absolute atomic E-state index is 12.2. The SMILES string of the molecule is C=CCNC(=NCc1cccc(C(=O)NCc2ccco2)c1)NCC.I. The third-order valence-corrected chi connectivity index (χ3v) is 3.37. The van der Waals surface area contributed by atoms with Gasteiger partial charge in [-0.25, -0.2) is 4.99 Å². The van der Waals surface area contributed by atoms with Gasteiger partial charge in [-0.05, 0) is 36.8 Å². The van der Waals surface area contributed by atoms with E-state index in [0.29, 0.717) is 25.2 Å². The summed E-state index contributed by atoms with van der Waals surface area (Å²) in [6.07, 6.45) is 3.36. The average Bonchev–Trinajstić information content (AvgIpc) is 3.16. The van der Waals surface area contributed by atoms with Crippen LogP contribution in [0.4, 0.5) is 0 Å². The van der Waals surface area contributed by atoms with Crippen LogP contribution in [0.2, 0.25) is 0 Å². The molecular formula is C19H25IN4O2. The first-order valence-corrected chi connectivity index (χ1v) is 8.25. The standard InChI is InChI=1S/C19H24N4O2.HI/c1-3-10-21-19(20-4-2)23-13-15-7-5-8-16(12-15)18(24)22-14-17-9-6-11-25-17;/h3,5-9,11-12H,1,4,10,13-14H2,2H3,(H,22,24)(H2,20,21,23);1H. The zero-order valence-electron chi connectivity index (χ0n) is 14.8. The predicted octanol–water partition coefficient (Wildman–Crippen LogP) is 3.07. The zero-order chi connectivity index (χ0) is 17.9. The number of hydrogen-bond donors (Lipinski definition) is 3. The van der Waals surface area contributed by atoms with E-state index in [4.69, 9.17) is 4.42 Å². The lowest BCUT2D eigenvalue weighted by Crippen LogP contribution is -2.37. The van der Waals surface area contributed by atoms with Crippen molar-refractivity contribution in [1.29, 1.82) is 0 Å². The van der Waals surface area contributed by atoms with E-state index >= 15 is 0 Å². The van der Waals surface area contributed by atoms with Crippen LogP contribution in [-0.4, -0.2) is 25.0 Å². The predicted molar refractivity (Wildman–Crippen MR) is 115 cm³/mol. The number of guanidine groups is 1. The number of carbonyl (C=O) groups excluding carboxylic acids is 1. The third-order valence-electron chi connectivity index (χ3n) is 3.37. The van der Waals surface area contributed by atoms with Gasteiger partial charge in [0.2, 0.25) is 0 Å². The summed E-state index contributed by atoms with van der Waals surface area (Å²) in [7, 11) is 0. The molecule has 0 radical (unpaired) electrons. The normalized spacial score (nSPS) is 10.6. The third kappa shape index (κ3) is 7.30. The van der Waals surface area contributed by atoms with Gasteiger partial charge in [-0.3, -0.25) is 4.79 Å². The number of carbonyl (C=O) groups is 1. The molecule has 0 spiro atoms. The van der Waals surface area contributed by atoms with Crippen LogP contribution >= 0.6 is 24.0 Å². The van der Waals surface area contributed by atoms with E-state index in [9.17, 15) is 4.79 Å². The van der Waals surface area contributed by atoms with Crippen molar-refractivity contribution in [2.45, 2.75) is 20.0 Å². The molecule has 3 N–H and O–H groups in total. The van der Waals surface area contributed by atoms with Crippen LogP contribution < -0.4 is 16.0 Å². The van der Waals surface area contributed by atoms with Crippen molar-refractivity contribution in [2.75, 3.05) is 13.1 Å². The summed E-state index contributed by atoms with van der Waals surface area (Å²) in [5.74, 6) is 1.30. The molecule has 2 aromatic rings. The van der Waals surface area contributed by atoms with Crippen LogP contribution in [0.5, 0.6) is 0 Å². The monoisotopic (exact) mass is 468 g/mol. The molecule has 26 heavy (non-hydrogen) atoms. The Morgan fingerprint density at radius 3 is 2.77 bits per heavy atom. The first-order chi connectivity index (χ1) is 12.2. The molecule has 6 nitrogen and oxygen atoms in total. The fraction of sp³-hybridized carbons (Fsp3) is 0.263. The molecule has 0 aliphatic rings. The molecule has 0 fully saturated rings. The van der Waals surface area contributed by atoms with Gasteiger partial charge in [0.15, 0.2) is 5.96 Å². The maximum Gasteiger partial charge on any atom is 0.251 e. The summed E-state index contributed by atoms with van der Waals surface area (Å²) in [6, 6.07) is 11.1. The van der Waals surface area contributed by atoms with Crippen LogP contribution in [0.25, 0.3) is 0 Å². The van der Waals surface area contributed by atoms with Gasteiger partial charge in [0, 0.05) is 18.7 Å². The van der Waals surface area contributed by atoms with Gasteiger partial charge in [0.05, 0.1) is 19.4 Å². The quantitative estimate of drug-likeness (QED) is 0.241. The molecule has 0 saturated heterocycles. The second-order valence-electron chi connectivity index (χ2n) is 5.33. The summed E-state index contributed by atoms with van der Waals surface area (Å²) in [5.41, 5.74) is 1.56. The number of aliphatic imine (C=N–C) groups is 1. The van der Waals surface area contributed by atoms with Crippen LogP contribution in [0.15, 0.2) is 64.7 Å².